The zero-order chi connectivity index (χ0) is 9.84. The van der Waals surface area contributed by atoms with Crippen LogP contribution in [0.3, 0.4) is 0 Å². The molecule has 1 heterocycles. The second kappa shape index (κ2) is 4.55. The number of hydrogen-bond acceptors (Lipinski definition) is 4. The fraction of sp³-hybridized carbons (Fsp3) is 0.875. The number of amides is 1. The van der Waals surface area contributed by atoms with Crippen molar-refractivity contribution in [3.63, 3.8) is 0 Å². The first kappa shape index (κ1) is 10.4. The predicted octanol–water partition coefficient (Wildman–Crippen LogP) is -1.84. The number of nitrogens with zero attached hydrogens (tertiary/aromatic N) is 1. The van der Waals surface area contributed by atoms with Crippen LogP contribution in [0.2, 0.25) is 0 Å². The Morgan fingerprint density at radius 1 is 1.38 bits per heavy atom. The van der Waals surface area contributed by atoms with E-state index >= 15 is 0 Å². The Bertz CT molecular complexity index is 178. The SMILES string of the molecule is CC(O)C(O)C(=O)N1CCNCC1. The Kier molecular flexibility index (Phi) is 3.65. The Hall–Kier alpha value is -0.650. The van der Waals surface area contributed by atoms with Crippen LogP contribution < -0.4 is 5.32 Å². The third kappa shape index (κ3) is 2.65. The summed E-state index contributed by atoms with van der Waals surface area (Å²) >= 11 is 0. The average molecular weight is 188 g/mol. The van der Waals surface area contributed by atoms with E-state index in [-0.39, 0.29) is 5.91 Å². The molecule has 2 atom stereocenters. The molecular formula is C8H16N2O3. The lowest BCUT2D eigenvalue weighted by Gasteiger charge is -2.29. The van der Waals surface area contributed by atoms with Crippen molar-refractivity contribution in [1.82, 2.24) is 10.2 Å². The second-order valence-corrected chi connectivity index (χ2v) is 3.26. The molecule has 1 aliphatic heterocycles. The molecule has 0 radical (unpaired) electrons. The minimum atomic E-state index is -1.28. The van der Waals surface area contributed by atoms with Crippen LogP contribution in [0.5, 0.6) is 0 Å². The minimum absolute atomic E-state index is 0.378. The average Bonchev–Trinajstić information content (AvgIpc) is 2.17. The van der Waals surface area contributed by atoms with E-state index < -0.39 is 12.2 Å². The van der Waals surface area contributed by atoms with E-state index in [1.54, 1.807) is 4.90 Å². The smallest absolute Gasteiger partial charge is 0.254 e. The monoisotopic (exact) mass is 188 g/mol. The summed E-state index contributed by atoms with van der Waals surface area (Å²) in [7, 11) is 0. The highest BCUT2D eigenvalue weighted by atomic mass is 16.3. The van der Waals surface area contributed by atoms with Crippen LogP contribution in [0.25, 0.3) is 0 Å². The first-order valence-electron chi connectivity index (χ1n) is 4.48. The molecular weight excluding hydrogens is 172 g/mol. The van der Waals surface area contributed by atoms with Gasteiger partial charge in [-0.25, -0.2) is 0 Å². The van der Waals surface area contributed by atoms with E-state index in [1.165, 1.54) is 6.92 Å². The van der Waals surface area contributed by atoms with Gasteiger partial charge in [0.15, 0.2) is 6.10 Å². The van der Waals surface area contributed by atoms with Crippen molar-refractivity contribution in [3.8, 4) is 0 Å². The van der Waals surface area contributed by atoms with Crippen molar-refractivity contribution >= 4 is 5.91 Å². The fourth-order valence-electron chi connectivity index (χ4n) is 1.28. The van der Waals surface area contributed by atoms with Gasteiger partial charge in [-0.15, -0.1) is 0 Å². The van der Waals surface area contributed by atoms with Crippen LogP contribution in [-0.2, 0) is 4.79 Å². The fourth-order valence-corrected chi connectivity index (χ4v) is 1.28. The lowest BCUT2D eigenvalue weighted by atomic mass is 10.2. The van der Waals surface area contributed by atoms with Gasteiger partial charge in [-0.2, -0.15) is 0 Å². The summed E-state index contributed by atoms with van der Waals surface area (Å²) in [5, 5.41) is 21.4. The van der Waals surface area contributed by atoms with Gasteiger partial charge >= 0.3 is 0 Å². The van der Waals surface area contributed by atoms with Gasteiger partial charge < -0.3 is 20.4 Å². The number of piperazine rings is 1. The highest BCUT2D eigenvalue weighted by Crippen LogP contribution is 2.01. The molecule has 1 rings (SSSR count). The van der Waals surface area contributed by atoms with E-state index in [2.05, 4.69) is 5.32 Å². The number of aliphatic hydroxyl groups excluding tert-OH is 2. The largest absolute Gasteiger partial charge is 0.390 e. The maximum absolute atomic E-state index is 11.4. The van der Waals surface area contributed by atoms with E-state index in [1.807, 2.05) is 0 Å². The molecule has 2 unspecified atom stereocenters. The van der Waals surface area contributed by atoms with Gasteiger partial charge in [-0.05, 0) is 6.92 Å². The Balaban J connectivity index is 2.45. The Morgan fingerprint density at radius 3 is 2.38 bits per heavy atom. The van der Waals surface area contributed by atoms with E-state index in [9.17, 15) is 9.90 Å². The topological polar surface area (TPSA) is 72.8 Å². The van der Waals surface area contributed by atoms with Crippen LogP contribution in [0.4, 0.5) is 0 Å². The van der Waals surface area contributed by atoms with E-state index in [0.29, 0.717) is 13.1 Å². The molecule has 0 aromatic heterocycles. The minimum Gasteiger partial charge on any atom is -0.390 e. The predicted molar refractivity (Wildman–Crippen MR) is 47.1 cm³/mol. The molecule has 0 saturated carbocycles. The first-order chi connectivity index (χ1) is 6.13. The van der Waals surface area contributed by atoms with Gasteiger partial charge in [0, 0.05) is 26.2 Å². The maximum atomic E-state index is 11.4. The Labute approximate surface area is 77.3 Å². The van der Waals surface area contributed by atoms with E-state index in [0.717, 1.165) is 13.1 Å². The van der Waals surface area contributed by atoms with Crippen LogP contribution in [-0.4, -0.2) is 59.4 Å². The molecule has 0 spiro atoms. The third-order valence-corrected chi connectivity index (χ3v) is 2.14. The molecule has 5 heteroatoms. The molecule has 1 amide bonds. The van der Waals surface area contributed by atoms with Crippen molar-refractivity contribution in [2.24, 2.45) is 0 Å². The number of rotatable bonds is 2. The van der Waals surface area contributed by atoms with Gasteiger partial charge in [0.2, 0.25) is 0 Å². The van der Waals surface area contributed by atoms with Crippen LogP contribution >= 0.6 is 0 Å². The summed E-state index contributed by atoms with van der Waals surface area (Å²) < 4.78 is 0. The van der Waals surface area contributed by atoms with Crippen LogP contribution in [0.1, 0.15) is 6.92 Å². The standard InChI is InChI=1S/C8H16N2O3/c1-6(11)7(12)8(13)10-4-2-9-3-5-10/h6-7,9,11-12H,2-5H2,1H3. The molecule has 3 N–H and O–H groups in total. The normalized spacial score (nSPS) is 22.5. The van der Waals surface area contributed by atoms with Gasteiger partial charge in [0.1, 0.15) is 0 Å². The van der Waals surface area contributed by atoms with Gasteiger partial charge in [0.25, 0.3) is 5.91 Å². The molecule has 13 heavy (non-hydrogen) atoms. The second-order valence-electron chi connectivity index (χ2n) is 3.26. The Morgan fingerprint density at radius 2 is 1.92 bits per heavy atom. The molecule has 1 fully saturated rings. The lowest BCUT2D eigenvalue weighted by molar-refractivity contribution is -0.146. The highest BCUT2D eigenvalue weighted by molar-refractivity contribution is 5.81. The molecule has 0 bridgehead atoms. The summed E-state index contributed by atoms with van der Waals surface area (Å²) in [6, 6.07) is 0. The lowest BCUT2D eigenvalue weighted by Crippen LogP contribution is -2.51. The van der Waals surface area contributed by atoms with Gasteiger partial charge in [0.05, 0.1) is 6.10 Å². The molecule has 76 valence electrons. The highest BCUT2D eigenvalue weighted by Gasteiger charge is 2.26. The molecule has 1 aliphatic rings. The summed E-state index contributed by atoms with van der Waals surface area (Å²) in [6.45, 7) is 4.10. The van der Waals surface area contributed by atoms with Gasteiger partial charge in [-0.3, -0.25) is 4.79 Å². The zero-order valence-corrected chi connectivity index (χ0v) is 7.73. The van der Waals surface area contributed by atoms with Crippen molar-refractivity contribution in [2.45, 2.75) is 19.1 Å². The summed E-state index contributed by atoms with van der Waals surface area (Å²) in [5.41, 5.74) is 0. The van der Waals surface area contributed by atoms with Crippen LogP contribution in [0, 0.1) is 0 Å². The summed E-state index contributed by atoms with van der Waals surface area (Å²) in [6.07, 6.45) is -2.28. The quantitative estimate of drug-likeness (QED) is 0.476. The van der Waals surface area contributed by atoms with Crippen molar-refractivity contribution < 1.29 is 15.0 Å². The number of carbonyl (C=O) groups excluding carboxylic acids is 1. The van der Waals surface area contributed by atoms with Gasteiger partial charge in [-0.1, -0.05) is 0 Å². The molecule has 0 aromatic carbocycles. The summed E-state index contributed by atoms with van der Waals surface area (Å²) in [5.74, 6) is -0.378. The van der Waals surface area contributed by atoms with Crippen LogP contribution in [0.15, 0.2) is 0 Å². The number of hydrogen-bond donors (Lipinski definition) is 3. The maximum Gasteiger partial charge on any atom is 0.254 e. The number of carbonyl (C=O) groups is 1. The van der Waals surface area contributed by atoms with Crippen molar-refractivity contribution in [3.05, 3.63) is 0 Å². The third-order valence-electron chi connectivity index (χ3n) is 2.14. The first-order valence-corrected chi connectivity index (χ1v) is 4.48. The molecule has 1 saturated heterocycles. The summed E-state index contributed by atoms with van der Waals surface area (Å²) in [4.78, 5) is 13.0. The molecule has 5 nitrogen and oxygen atoms in total. The van der Waals surface area contributed by atoms with Crippen molar-refractivity contribution in [1.29, 1.82) is 0 Å². The number of aliphatic hydroxyl groups is 2. The zero-order valence-electron chi connectivity index (χ0n) is 7.73. The van der Waals surface area contributed by atoms with Crippen molar-refractivity contribution in [2.75, 3.05) is 26.2 Å². The number of nitrogens with one attached hydrogen (secondary N) is 1. The molecule has 0 aliphatic carbocycles. The van der Waals surface area contributed by atoms with E-state index in [4.69, 9.17) is 5.11 Å². The molecule has 0 aromatic rings.